The second-order valence-corrected chi connectivity index (χ2v) is 12.4. The maximum Gasteiger partial charge on any atom is 0.125 e. The van der Waals surface area contributed by atoms with Gasteiger partial charge in [0, 0.05) is 28.7 Å². The summed E-state index contributed by atoms with van der Waals surface area (Å²) in [7, 11) is -1.29. The molecule has 33 heavy (non-hydrogen) atoms. The fourth-order valence-electron chi connectivity index (χ4n) is 4.46. The van der Waals surface area contributed by atoms with E-state index in [1.54, 1.807) is 0 Å². The molecule has 1 aromatic heterocycles. The van der Waals surface area contributed by atoms with Gasteiger partial charge in [0.2, 0.25) is 0 Å². The van der Waals surface area contributed by atoms with E-state index in [0.29, 0.717) is 5.41 Å². The van der Waals surface area contributed by atoms with Gasteiger partial charge >= 0.3 is 0 Å². The summed E-state index contributed by atoms with van der Waals surface area (Å²) in [5.41, 5.74) is 4.26. The lowest BCUT2D eigenvalue weighted by Crippen LogP contribution is -2.37. The summed E-state index contributed by atoms with van der Waals surface area (Å²) in [4.78, 5) is 3.20. The van der Waals surface area contributed by atoms with Gasteiger partial charge in [-0.2, -0.15) is 0 Å². The summed E-state index contributed by atoms with van der Waals surface area (Å²) < 4.78 is 18.8. The smallest absolute Gasteiger partial charge is 0.125 e. The minimum absolute atomic E-state index is 0.240. The van der Waals surface area contributed by atoms with E-state index in [-0.39, 0.29) is 5.54 Å². The molecule has 6 nitrogen and oxygen atoms in total. The van der Waals surface area contributed by atoms with Gasteiger partial charge in [-0.15, -0.1) is 5.10 Å². The molecular formula is C25H30BrN5OS. The highest BCUT2D eigenvalue weighted by Gasteiger charge is 2.44. The number of hydrogen-bond donors (Lipinski definition) is 1. The maximum atomic E-state index is 12.7. The summed E-state index contributed by atoms with van der Waals surface area (Å²) in [6, 6.07) is 14.0. The lowest BCUT2D eigenvalue weighted by Gasteiger charge is -2.35. The fraction of sp³-hybridized carbons (Fsp3) is 0.440. The van der Waals surface area contributed by atoms with E-state index in [2.05, 4.69) is 54.1 Å². The molecule has 1 aliphatic carbocycles. The van der Waals surface area contributed by atoms with Gasteiger partial charge in [0.15, 0.2) is 0 Å². The summed E-state index contributed by atoms with van der Waals surface area (Å²) in [5.74, 6) is 0. The zero-order chi connectivity index (χ0) is 23.2. The standard InChI is InChI=1S/C25H30BrN5OS/c1-24(2,3)28-33(32)20-6-4-5-18(15-20)21-17-31(29-27-21)22-8-7-19(26)16-23(22)30-13-11-25(9-10-25)12-14-30/h4-8,15-17,28H,9-14H2,1-3H3. The molecule has 2 fully saturated rings. The first-order valence-corrected chi connectivity index (χ1v) is 13.4. The van der Waals surface area contributed by atoms with E-state index in [9.17, 15) is 4.21 Å². The second-order valence-electron chi connectivity index (χ2n) is 10.3. The molecule has 1 aliphatic heterocycles. The molecule has 1 unspecified atom stereocenters. The predicted octanol–water partition coefficient (Wildman–Crippen LogP) is 5.49. The Morgan fingerprint density at radius 3 is 2.48 bits per heavy atom. The van der Waals surface area contributed by atoms with Crippen molar-refractivity contribution in [3.8, 4) is 16.9 Å². The largest absolute Gasteiger partial charge is 0.370 e. The van der Waals surface area contributed by atoms with Gasteiger partial charge < -0.3 is 4.90 Å². The summed E-state index contributed by atoms with van der Waals surface area (Å²) in [5, 5.41) is 8.90. The molecule has 1 atom stereocenters. The van der Waals surface area contributed by atoms with Crippen LogP contribution in [0.15, 0.2) is 58.0 Å². The van der Waals surface area contributed by atoms with Gasteiger partial charge in [-0.3, -0.25) is 0 Å². The first kappa shape index (κ1) is 22.7. The van der Waals surface area contributed by atoms with Crippen LogP contribution in [0, 0.1) is 5.41 Å². The second kappa shape index (κ2) is 8.64. The summed E-state index contributed by atoms with van der Waals surface area (Å²) in [6.45, 7) is 8.17. The first-order chi connectivity index (χ1) is 15.7. The number of piperidine rings is 1. The van der Waals surface area contributed by atoms with Crippen molar-refractivity contribution in [3.05, 3.63) is 53.1 Å². The molecule has 1 N–H and O–H groups in total. The van der Waals surface area contributed by atoms with Crippen LogP contribution in [0.5, 0.6) is 0 Å². The molecule has 0 amide bonds. The minimum Gasteiger partial charge on any atom is -0.370 e. The van der Waals surface area contributed by atoms with E-state index < -0.39 is 11.0 Å². The van der Waals surface area contributed by atoms with Crippen molar-refractivity contribution in [3.63, 3.8) is 0 Å². The lowest BCUT2D eigenvalue weighted by atomic mass is 9.93. The molecule has 2 aliphatic rings. The Morgan fingerprint density at radius 2 is 1.79 bits per heavy atom. The van der Waals surface area contributed by atoms with Crippen LogP contribution in [0.3, 0.4) is 0 Å². The van der Waals surface area contributed by atoms with Gasteiger partial charge in [0.05, 0.1) is 22.5 Å². The Morgan fingerprint density at radius 1 is 1.03 bits per heavy atom. The predicted molar refractivity (Wildman–Crippen MR) is 137 cm³/mol. The number of nitrogens with zero attached hydrogens (tertiary/aromatic N) is 4. The Bertz CT molecular complexity index is 1190. The van der Waals surface area contributed by atoms with Crippen LogP contribution in [-0.2, 0) is 11.0 Å². The molecule has 1 spiro atoms. The van der Waals surface area contributed by atoms with Crippen molar-refractivity contribution < 1.29 is 4.21 Å². The third-order valence-electron chi connectivity index (χ3n) is 6.54. The summed E-state index contributed by atoms with van der Waals surface area (Å²) in [6.07, 6.45) is 7.29. The third-order valence-corrected chi connectivity index (χ3v) is 8.52. The lowest BCUT2D eigenvalue weighted by molar-refractivity contribution is 0.384. The molecular weight excluding hydrogens is 498 g/mol. The molecule has 2 heterocycles. The van der Waals surface area contributed by atoms with Crippen molar-refractivity contribution in [2.24, 2.45) is 5.41 Å². The highest BCUT2D eigenvalue weighted by Crippen LogP contribution is 2.54. The van der Waals surface area contributed by atoms with Crippen LogP contribution in [0.25, 0.3) is 16.9 Å². The van der Waals surface area contributed by atoms with Crippen molar-refractivity contribution >= 4 is 32.6 Å². The van der Waals surface area contributed by atoms with E-state index in [1.807, 2.05) is 55.9 Å². The maximum absolute atomic E-state index is 12.7. The highest BCUT2D eigenvalue weighted by molar-refractivity contribution is 9.10. The SMILES string of the molecule is CC(C)(C)NS(=O)c1cccc(-c2cn(-c3ccc(Br)cc3N3CCC4(CC3)CC4)nn2)c1. The van der Waals surface area contributed by atoms with Gasteiger partial charge in [-0.05, 0) is 82.2 Å². The molecule has 0 bridgehead atoms. The molecule has 2 aromatic carbocycles. The molecule has 1 saturated heterocycles. The quantitative estimate of drug-likeness (QED) is 0.476. The van der Waals surface area contributed by atoms with E-state index in [0.717, 1.165) is 39.4 Å². The number of nitrogens with one attached hydrogen (secondary N) is 1. The van der Waals surface area contributed by atoms with Gasteiger partial charge in [-0.1, -0.05) is 33.3 Å². The fourth-order valence-corrected chi connectivity index (χ4v) is 5.92. The van der Waals surface area contributed by atoms with E-state index in [4.69, 9.17) is 0 Å². The number of hydrogen-bond acceptors (Lipinski definition) is 4. The normalized spacial score (nSPS) is 18.5. The monoisotopic (exact) mass is 527 g/mol. The van der Waals surface area contributed by atoms with Crippen LogP contribution in [0.4, 0.5) is 5.69 Å². The number of rotatable bonds is 5. The van der Waals surface area contributed by atoms with Crippen LogP contribution in [-0.4, -0.2) is 37.8 Å². The van der Waals surface area contributed by atoms with Crippen LogP contribution < -0.4 is 9.62 Å². The summed E-state index contributed by atoms with van der Waals surface area (Å²) >= 11 is 3.65. The molecule has 174 valence electrons. The van der Waals surface area contributed by atoms with E-state index in [1.165, 1.54) is 31.4 Å². The Kier molecular flexibility index (Phi) is 5.95. The van der Waals surface area contributed by atoms with Crippen LogP contribution in [0.1, 0.15) is 46.5 Å². The molecule has 0 radical (unpaired) electrons. The number of anilines is 1. The molecule has 8 heteroatoms. The number of halogens is 1. The molecule has 3 aromatic rings. The zero-order valence-corrected chi connectivity index (χ0v) is 21.7. The Hall–Kier alpha value is -2.03. The Balaban J connectivity index is 1.42. The molecule has 1 saturated carbocycles. The topological polar surface area (TPSA) is 63.1 Å². The van der Waals surface area contributed by atoms with Crippen molar-refractivity contribution in [1.29, 1.82) is 0 Å². The average Bonchev–Trinajstić information content (AvgIpc) is 3.34. The zero-order valence-electron chi connectivity index (χ0n) is 19.3. The van der Waals surface area contributed by atoms with Crippen LogP contribution in [0.2, 0.25) is 0 Å². The van der Waals surface area contributed by atoms with Crippen molar-refractivity contribution in [2.75, 3.05) is 18.0 Å². The number of aromatic nitrogens is 3. The van der Waals surface area contributed by atoms with Gasteiger partial charge in [0.25, 0.3) is 0 Å². The minimum atomic E-state index is -1.29. The first-order valence-electron chi connectivity index (χ1n) is 11.5. The van der Waals surface area contributed by atoms with Gasteiger partial charge in [-0.25, -0.2) is 13.6 Å². The van der Waals surface area contributed by atoms with E-state index >= 15 is 0 Å². The molecule has 5 rings (SSSR count). The highest BCUT2D eigenvalue weighted by atomic mass is 79.9. The average molecular weight is 529 g/mol. The van der Waals surface area contributed by atoms with Crippen molar-refractivity contribution in [2.45, 2.75) is 56.9 Å². The Labute approximate surface area is 206 Å². The van der Waals surface area contributed by atoms with Crippen molar-refractivity contribution in [1.82, 2.24) is 19.7 Å². The third kappa shape index (κ3) is 5.08. The number of benzene rings is 2. The van der Waals surface area contributed by atoms with Crippen LogP contribution >= 0.6 is 15.9 Å². The van der Waals surface area contributed by atoms with Gasteiger partial charge in [0.1, 0.15) is 16.7 Å².